The summed E-state index contributed by atoms with van der Waals surface area (Å²) >= 11 is 2.59. The monoisotopic (exact) mass is 515 g/mol. The molecule has 0 aliphatic heterocycles. The summed E-state index contributed by atoms with van der Waals surface area (Å²) in [6.45, 7) is 1.88. The molecule has 5 rings (SSSR count). The summed E-state index contributed by atoms with van der Waals surface area (Å²) in [5.74, 6) is 0.254. The first-order valence-corrected chi connectivity index (χ1v) is 12.1. The summed E-state index contributed by atoms with van der Waals surface area (Å²) in [5.41, 5.74) is 1.86. The number of halogens is 3. The third-order valence-corrected chi connectivity index (χ3v) is 6.74. The van der Waals surface area contributed by atoms with Crippen molar-refractivity contribution in [3.05, 3.63) is 87.8 Å². The van der Waals surface area contributed by atoms with Crippen LogP contribution in [0.2, 0.25) is 0 Å². The van der Waals surface area contributed by atoms with Crippen molar-refractivity contribution in [2.75, 3.05) is 0 Å². The van der Waals surface area contributed by atoms with Crippen LogP contribution in [0.15, 0.2) is 76.1 Å². The molecule has 0 unspecified atom stereocenters. The van der Waals surface area contributed by atoms with Crippen molar-refractivity contribution in [1.82, 2.24) is 24.1 Å². The maximum atomic E-state index is 13.1. The number of pyridine rings is 1. The van der Waals surface area contributed by atoms with Gasteiger partial charge < -0.3 is 4.74 Å². The highest BCUT2D eigenvalue weighted by Gasteiger charge is 2.33. The second-order valence-electron chi connectivity index (χ2n) is 7.44. The van der Waals surface area contributed by atoms with Crippen LogP contribution >= 0.6 is 23.1 Å². The zero-order chi connectivity index (χ0) is 24.6. The molecule has 0 bridgehead atoms. The second kappa shape index (κ2) is 9.19. The minimum Gasteiger partial charge on any atom is -0.404 e. The maximum Gasteiger partial charge on any atom is 0.573 e. The summed E-state index contributed by atoms with van der Waals surface area (Å²) in [6, 6.07) is 14.5. The molecule has 0 radical (unpaired) electrons. The molecule has 35 heavy (non-hydrogen) atoms. The Morgan fingerprint density at radius 2 is 1.91 bits per heavy atom. The van der Waals surface area contributed by atoms with E-state index < -0.39 is 6.36 Å². The van der Waals surface area contributed by atoms with Crippen LogP contribution in [-0.2, 0) is 5.75 Å². The zero-order valence-electron chi connectivity index (χ0n) is 18.1. The van der Waals surface area contributed by atoms with Gasteiger partial charge in [-0.2, -0.15) is 0 Å². The summed E-state index contributed by atoms with van der Waals surface area (Å²) < 4.78 is 46.5. The van der Waals surface area contributed by atoms with Gasteiger partial charge in [-0.3, -0.25) is 13.8 Å². The lowest BCUT2D eigenvalue weighted by molar-refractivity contribution is -0.274. The van der Waals surface area contributed by atoms with Gasteiger partial charge in [-0.25, -0.2) is 4.98 Å². The largest absolute Gasteiger partial charge is 0.573 e. The van der Waals surface area contributed by atoms with E-state index in [4.69, 9.17) is 0 Å². The average Bonchev–Trinajstić information content (AvgIpc) is 3.47. The fourth-order valence-corrected chi connectivity index (χ4v) is 5.01. The smallest absolute Gasteiger partial charge is 0.404 e. The molecule has 7 nitrogen and oxygen atoms in total. The van der Waals surface area contributed by atoms with E-state index >= 15 is 0 Å². The second-order valence-corrected chi connectivity index (χ2v) is 9.33. The van der Waals surface area contributed by atoms with Crippen LogP contribution in [0.5, 0.6) is 5.75 Å². The van der Waals surface area contributed by atoms with Crippen LogP contribution < -0.4 is 10.3 Å². The number of aryl methyl sites for hydroxylation is 1. The number of hydrogen-bond donors (Lipinski definition) is 0. The molecule has 0 atom stereocenters. The van der Waals surface area contributed by atoms with Crippen molar-refractivity contribution in [3.8, 4) is 22.1 Å². The van der Waals surface area contributed by atoms with Gasteiger partial charge in [0.25, 0.3) is 5.56 Å². The number of thiophene rings is 1. The zero-order valence-corrected chi connectivity index (χ0v) is 19.7. The number of ether oxygens (including phenoxy) is 1. The lowest BCUT2D eigenvalue weighted by atomic mass is 10.3. The minimum atomic E-state index is -4.87. The first-order chi connectivity index (χ1) is 16.8. The van der Waals surface area contributed by atoms with Gasteiger partial charge in [0.05, 0.1) is 16.3 Å². The molecule has 0 amide bonds. The number of rotatable bonds is 6. The van der Waals surface area contributed by atoms with E-state index in [0.717, 1.165) is 10.4 Å². The molecular weight excluding hydrogens is 499 g/mol. The Labute approximate surface area is 204 Å². The van der Waals surface area contributed by atoms with E-state index in [1.807, 2.05) is 24.4 Å². The number of alkyl halides is 3. The Hall–Kier alpha value is -3.64. The highest BCUT2D eigenvalue weighted by atomic mass is 32.2. The highest BCUT2D eigenvalue weighted by molar-refractivity contribution is 7.98. The molecule has 0 saturated heterocycles. The molecule has 178 valence electrons. The number of para-hydroxylation sites is 2. The summed E-state index contributed by atoms with van der Waals surface area (Å²) in [6.07, 6.45) is -3.15. The van der Waals surface area contributed by atoms with Crippen LogP contribution in [0, 0.1) is 6.92 Å². The summed E-state index contributed by atoms with van der Waals surface area (Å²) in [5, 5.41) is 10.6. The van der Waals surface area contributed by atoms with E-state index in [0.29, 0.717) is 22.3 Å². The maximum absolute atomic E-state index is 13.1. The molecule has 0 N–H and O–H groups in total. The first kappa shape index (κ1) is 23.1. The van der Waals surface area contributed by atoms with E-state index in [2.05, 4.69) is 19.9 Å². The van der Waals surface area contributed by atoms with E-state index in [-0.39, 0.29) is 22.7 Å². The van der Waals surface area contributed by atoms with Crippen molar-refractivity contribution in [3.63, 3.8) is 0 Å². The van der Waals surface area contributed by atoms with Crippen molar-refractivity contribution >= 4 is 28.7 Å². The highest BCUT2D eigenvalue weighted by Crippen LogP contribution is 2.36. The third kappa shape index (κ3) is 4.93. The molecular formula is C23H16F3N5O2S2. The Morgan fingerprint density at radius 1 is 1.09 bits per heavy atom. The summed E-state index contributed by atoms with van der Waals surface area (Å²) in [7, 11) is 0. The molecule has 4 heterocycles. The Bertz CT molecular complexity index is 1560. The standard InChI is InChI=1S/C23H16F3N5O2S2/c1-14-8-9-19-27-15(11-20(32)30(19)12-14)13-35-22-29-28-21(18-7-4-10-34-18)31(22)16-5-2-3-6-17(16)33-23(24,25)26/h2-12H,13H2,1H3. The molecule has 4 aromatic heterocycles. The Kier molecular flexibility index (Phi) is 6.07. The molecule has 0 spiro atoms. The number of fused-ring (bicyclic) bond motifs is 1. The topological polar surface area (TPSA) is 74.3 Å². The van der Waals surface area contributed by atoms with Gasteiger partial charge in [-0.1, -0.05) is 36.0 Å². The number of nitrogens with zero attached hydrogens (tertiary/aromatic N) is 5. The van der Waals surface area contributed by atoms with Gasteiger partial charge in [-0.05, 0) is 42.1 Å². The molecule has 12 heteroatoms. The van der Waals surface area contributed by atoms with Gasteiger partial charge in [0.1, 0.15) is 5.65 Å². The number of thioether (sulfide) groups is 1. The van der Waals surface area contributed by atoms with Crippen LogP contribution in [0.4, 0.5) is 13.2 Å². The first-order valence-electron chi connectivity index (χ1n) is 10.2. The number of aromatic nitrogens is 5. The lowest BCUT2D eigenvalue weighted by Crippen LogP contribution is -2.18. The predicted molar refractivity (Wildman–Crippen MR) is 127 cm³/mol. The van der Waals surface area contributed by atoms with Crippen LogP contribution in [0.25, 0.3) is 22.0 Å². The molecule has 0 fully saturated rings. The fraction of sp³-hybridized carbons (Fsp3) is 0.130. The SMILES string of the molecule is Cc1ccc2nc(CSc3nnc(-c4cccs4)n3-c3ccccc3OC(F)(F)F)cc(=O)n2c1. The van der Waals surface area contributed by atoms with Gasteiger partial charge in [0, 0.05) is 18.0 Å². The van der Waals surface area contributed by atoms with Crippen LogP contribution in [-0.4, -0.2) is 30.5 Å². The van der Waals surface area contributed by atoms with Crippen molar-refractivity contribution in [2.45, 2.75) is 24.2 Å². The quantitative estimate of drug-likeness (QED) is 0.278. The van der Waals surface area contributed by atoms with E-state index in [1.165, 1.54) is 56.3 Å². The van der Waals surface area contributed by atoms with Gasteiger partial charge >= 0.3 is 6.36 Å². The Morgan fingerprint density at radius 3 is 2.69 bits per heavy atom. The third-order valence-electron chi connectivity index (χ3n) is 4.92. The summed E-state index contributed by atoms with van der Waals surface area (Å²) in [4.78, 5) is 17.8. The van der Waals surface area contributed by atoms with Crippen molar-refractivity contribution in [1.29, 1.82) is 0 Å². The van der Waals surface area contributed by atoms with Crippen LogP contribution in [0.1, 0.15) is 11.3 Å². The predicted octanol–water partition coefficient (Wildman–Crippen LogP) is 5.50. The molecule has 1 aromatic carbocycles. The molecule has 0 aliphatic rings. The van der Waals surface area contributed by atoms with E-state index in [1.54, 1.807) is 24.4 Å². The lowest BCUT2D eigenvalue weighted by Gasteiger charge is -2.16. The number of benzene rings is 1. The van der Waals surface area contributed by atoms with Gasteiger partial charge in [0.2, 0.25) is 0 Å². The molecule has 5 aromatic rings. The van der Waals surface area contributed by atoms with Crippen molar-refractivity contribution < 1.29 is 17.9 Å². The minimum absolute atomic E-state index is 0.141. The van der Waals surface area contributed by atoms with Crippen molar-refractivity contribution in [2.24, 2.45) is 0 Å². The van der Waals surface area contributed by atoms with Crippen LogP contribution in [0.3, 0.4) is 0 Å². The van der Waals surface area contributed by atoms with Gasteiger partial charge in [0.15, 0.2) is 16.7 Å². The molecule has 0 saturated carbocycles. The van der Waals surface area contributed by atoms with Gasteiger partial charge in [-0.15, -0.1) is 34.7 Å². The normalized spacial score (nSPS) is 11.8. The fourth-order valence-electron chi connectivity index (χ4n) is 3.47. The average molecular weight is 516 g/mol. The molecule has 0 aliphatic carbocycles. The number of hydrogen-bond acceptors (Lipinski definition) is 7. The van der Waals surface area contributed by atoms with E-state index in [9.17, 15) is 18.0 Å². The Balaban J connectivity index is 1.55.